The average Bonchev–Trinajstić information content (AvgIpc) is 3.20. The standard InChI is InChI=1S/C22H13Br2ClN4O4S/c1-10-8-11(6-7-15(10)29(31)32)20(30)28-22(34)27-18-13(23)9-16-19(17(18)24)26-21(33-16)12-4-2-3-5-14(12)25/h2-9H,1H3,(H2,27,28,30,34). The number of halogens is 3. The fraction of sp³-hybridized carbons (Fsp3) is 0.0455. The number of aromatic nitrogens is 1. The fourth-order valence-corrected chi connectivity index (χ4v) is 4.96. The average molecular weight is 625 g/mol. The topological polar surface area (TPSA) is 110 Å². The van der Waals surface area contributed by atoms with Gasteiger partial charge in [-0.2, -0.15) is 0 Å². The molecule has 3 aromatic carbocycles. The van der Waals surface area contributed by atoms with Crippen molar-refractivity contribution in [1.29, 1.82) is 0 Å². The third-order valence-electron chi connectivity index (χ3n) is 4.80. The number of benzene rings is 3. The van der Waals surface area contributed by atoms with Gasteiger partial charge in [-0.05, 0) is 81.3 Å². The lowest BCUT2D eigenvalue weighted by molar-refractivity contribution is -0.385. The van der Waals surface area contributed by atoms with E-state index in [2.05, 4.69) is 47.5 Å². The SMILES string of the molecule is Cc1cc(C(=O)NC(=S)Nc2c(Br)cc3oc(-c4ccccc4Cl)nc3c2Br)ccc1[N+](=O)[O-]. The molecule has 0 fully saturated rings. The number of thiocarbonyl (C=S) groups is 1. The maximum atomic E-state index is 12.6. The number of fused-ring (bicyclic) bond motifs is 1. The second-order valence-corrected chi connectivity index (χ2v) is 9.52. The Kier molecular flexibility index (Phi) is 6.99. The normalized spacial score (nSPS) is 10.8. The number of carbonyl (C=O) groups is 1. The molecule has 0 unspecified atom stereocenters. The van der Waals surface area contributed by atoms with Gasteiger partial charge < -0.3 is 9.73 Å². The number of amides is 1. The summed E-state index contributed by atoms with van der Waals surface area (Å²) in [6.45, 7) is 1.56. The van der Waals surface area contributed by atoms with Gasteiger partial charge in [-0.25, -0.2) is 4.98 Å². The Morgan fingerprint density at radius 2 is 1.94 bits per heavy atom. The van der Waals surface area contributed by atoms with Gasteiger partial charge in [-0.15, -0.1) is 0 Å². The quantitative estimate of drug-likeness (QED) is 0.143. The van der Waals surface area contributed by atoms with Gasteiger partial charge in [0.2, 0.25) is 5.89 Å². The van der Waals surface area contributed by atoms with Gasteiger partial charge in [-0.3, -0.25) is 20.2 Å². The molecule has 4 rings (SSSR count). The van der Waals surface area contributed by atoms with Gasteiger partial charge >= 0.3 is 0 Å². The lowest BCUT2D eigenvalue weighted by atomic mass is 10.1. The minimum atomic E-state index is -0.508. The van der Waals surface area contributed by atoms with Crippen LogP contribution in [-0.2, 0) is 0 Å². The zero-order chi connectivity index (χ0) is 24.6. The Morgan fingerprint density at radius 3 is 2.62 bits per heavy atom. The van der Waals surface area contributed by atoms with E-state index in [4.69, 9.17) is 28.2 Å². The van der Waals surface area contributed by atoms with Crippen molar-refractivity contribution in [3.8, 4) is 11.5 Å². The molecule has 0 saturated heterocycles. The maximum absolute atomic E-state index is 12.6. The van der Waals surface area contributed by atoms with Crippen LogP contribution in [0.4, 0.5) is 11.4 Å². The van der Waals surface area contributed by atoms with Gasteiger partial charge in [0.25, 0.3) is 11.6 Å². The number of nitro groups is 1. The second-order valence-electron chi connectivity index (χ2n) is 7.06. The fourth-order valence-electron chi connectivity index (χ4n) is 3.18. The highest BCUT2D eigenvalue weighted by molar-refractivity contribution is 9.11. The molecule has 0 aliphatic rings. The summed E-state index contributed by atoms with van der Waals surface area (Å²) < 4.78 is 7.05. The predicted octanol–water partition coefficient (Wildman–Crippen LogP) is 7.02. The van der Waals surface area contributed by atoms with Gasteiger partial charge in [0.15, 0.2) is 10.7 Å². The molecule has 4 aromatic rings. The first-order valence-corrected chi connectivity index (χ1v) is 11.9. The van der Waals surface area contributed by atoms with E-state index in [1.54, 1.807) is 25.1 Å². The number of nitro benzene ring substituents is 1. The molecule has 172 valence electrons. The third kappa shape index (κ3) is 4.83. The zero-order valence-corrected chi connectivity index (χ0v) is 21.9. The molecular formula is C22H13Br2ClN4O4S. The first kappa shape index (κ1) is 24.3. The number of hydrogen-bond acceptors (Lipinski definition) is 6. The van der Waals surface area contributed by atoms with E-state index >= 15 is 0 Å². The highest BCUT2D eigenvalue weighted by Crippen LogP contribution is 2.40. The van der Waals surface area contributed by atoms with Crippen LogP contribution in [0.5, 0.6) is 0 Å². The van der Waals surface area contributed by atoms with Gasteiger partial charge in [0.1, 0.15) is 5.52 Å². The van der Waals surface area contributed by atoms with Crippen molar-refractivity contribution in [2.45, 2.75) is 6.92 Å². The third-order valence-corrected chi connectivity index (χ3v) is 6.73. The van der Waals surface area contributed by atoms with E-state index in [1.807, 2.05) is 12.1 Å². The molecule has 8 nitrogen and oxygen atoms in total. The molecule has 1 aromatic heterocycles. The van der Waals surface area contributed by atoms with E-state index in [0.717, 1.165) is 0 Å². The molecule has 34 heavy (non-hydrogen) atoms. The van der Waals surface area contributed by atoms with Crippen molar-refractivity contribution >= 4 is 89.2 Å². The molecule has 0 atom stereocenters. The minimum Gasteiger partial charge on any atom is -0.436 e. The monoisotopic (exact) mass is 622 g/mol. The lowest BCUT2D eigenvalue weighted by Gasteiger charge is -2.13. The van der Waals surface area contributed by atoms with E-state index < -0.39 is 10.8 Å². The summed E-state index contributed by atoms with van der Waals surface area (Å²) in [7, 11) is 0. The minimum absolute atomic E-state index is 0.0246. The predicted molar refractivity (Wildman–Crippen MR) is 141 cm³/mol. The number of oxazole rings is 1. The molecule has 0 aliphatic carbocycles. The Balaban J connectivity index is 1.57. The highest BCUT2D eigenvalue weighted by atomic mass is 79.9. The van der Waals surface area contributed by atoms with Crippen molar-refractivity contribution in [3.05, 3.63) is 83.7 Å². The van der Waals surface area contributed by atoms with Crippen LogP contribution in [-0.4, -0.2) is 20.9 Å². The van der Waals surface area contributed by atoms with Gasteiger partial charge in [0, 0.05) is 21.7 Å². The first-order chi connectivity index (χ1) is 16.2. The summed E-state index contributed by atoms with van der Waals surface area (Å²) in [6.07, 6.45) is 0. The van der Waals surface area contributed by atoms with Crippen molar-refractivity contribution < 1.29 is 14.1 Å². The van der Waals surface area contributed by atoms with E-state index in [9.17, 15) is 14.9 Å². The van der Waals surface area contributed by atoms with Crippen LogP contribution in [0.25, 0.3) is 22.6 Å². The largest absolute Gasteiger partial charge is 0.436 e. The molecule has 1 heterocycles. The summed E-state index contributed by atoms with van der Waals surface area (Å²) >= 11 is 18.6. The number of nitrogens with one attached hydrogen (secondary N) is 2. The smallest absolute Gasteiger partial charge is 0.272 e. The van der Waals surface area contributed by atoms with Crippen LogP contribution in [0.15, 0.2) is 61.9 Å². The Morgan fingerprint density at radius 1 is 1.21 bits per heavy atom. The van der Waals surface area contributed by atoms with E-state index in [1.165, 1.54) is 18.2 Å². The van der Waals surface area contributed by atoms with Gasteiger partial charge in [-0.1, -0.05) is 23.7 Å². The van der Waals surface area contributed by atoms with Crippen LogP contribution in [0.1, 0.15) is 15.9 Å². The summed E-state index contributed by atoms with van der Waals surface area (Å²) in [6, 6.07) is 13.0. The van der Waals surface area contributed by atoms with Crippen LogP contribution in [0.3, 0.4) is 0 Å². The van der Waals surface area contributed by atoms with E-state index in [-0.39, 0.29) is 16.4 Å². The molecule has 0 radical (unpaired) electrons. The molecule has 0 aliphatic heterocycles. The molecular weight excluding hydrogens is 612 g/mol. The number of carbonyl (C=O) groups excluding carboxylic acids is 1. The van der Waals surface area contributed by atoms with Crippen molar-refractivity contribution in [2.24, 2.45) is 0 Å². The van der Waals surface area contributed by atoms with Crippen LogP contribution < -0.4 is 10.6 Å². The zero-order valence-electron chi connectivity index (χ0n) is 17.2. The van der Waals surface area contributed by atoms with E-state index in [0.29, 0.717) is 47.8 Å². The summed E-state index contributed by atoms with van der Waals surface area (Å²) in [5, 5.41) is 17.1. The highest BCUT2D eigenvalue weighted by Gasteiger charge is 2.20. The second kappa shape index (κ2) is 9.79. The summed E-state index contributed by atoms with van der Waals surface area (Å²) in [5.41, 5.74) is 2.75. The molecule has 0 saturated carbocycles. The van der Waals surface area contributed by atoms with Crippen molar-refractivity contribution in [1.82, 2.24) is 10.3 Å². The van der Waals surface area contributed by atoms with Crippen molar-refractivity contribution in [3.63, 3.8) is 0 Å². The summed E-state index contributed by atoms with van der Waals surface area (Å²) in [5.74, 6) is -0.152. The lowest BCUT2D eigenvalue weighted by Crippen LogP contribution is -2.34. The molecule has 0 spiro atoms. The summed E-state index contributed by atoms with van der Waals surface area (Å²) in [4.78, 5) is 27.6. The Bertz CT molecular complexity index is 1490. The van der Waals surface area contributed by atoms with Gasteiger partial charge in [0.05, 0.1) is 25.7 Å². The number of hydrogen-bond donors (Lipinski definition) is 2. The molecule has 2 N–H and O–H groups in total. The molecule has 12 heteroatoms. The van der Waals surface area contributed by atoms with Crippen molar-refractivity contribution in [2.75, 3.05) is 5.32 Å². The maximum Gasteiger partial charge on any atom is 0.272 e. The van der Waals surface area contributed by atoms with Crippen LogP contribution in [0.2, 0.25) is 5.02 Å². The Labute approximate surface area is 220 Å². The number of rotatable bonds is 4. The first-order valence-electron chi connectivity index (χ1n) is 9.56. The van der Waals surface area contributed by atoms with Crippen LogP contribution >= 0.6 is 55.7 Å². The molecule has 1 amide bonds. The molecule has 0 bridgehead atoms. The number of aryl methyl sites for hydroxylation is 1. The number of anilines is 1. The number of nitrogens with zero attached hydrogens (tertiary/aromatic N) is 2. The van der Waals surface area contributed by atoms with Crippen LogP contribution in [0, 0.1) is 17.0 Å². The Hall–Kier alpha value is -2.86.